The first-order valence-corrected chi connectivity index (χ1v) is 12.3. The molecule has 2 aliphatic heterocycles. The Morgan fingerprint density at radius 2 is 2.03 bits per heavy atom. The Hall–Kier alpha value is -3.56. The fourth-order valence-electron chi connectivity index (χ4n) is 5.48. The summed E-state index contributed by atoms with van der Waals surface area (Å²) in [5, 5.41) is 14.4. The number of hydrogen-bond acceptors (Lipinski definition) is 6. The molecule has 9 heteroatoms. The second-order valence-corrected chi connectivity index (χ2v) is 9.46. The Kier molecular flexibility index (Phi) is 6.36. The summed E-state index contributed by atoms with van der Waals surface area (Å²) in [4.78, 5) is 34.1. The number of imide groups is 1. The number of H-pyrrole nitrogens is 1. The van der Waals surface area contributed by atoms with E-state index in [0.717, 1.165) is 33.5 Å². The van der Waals surface area contributed by atoms with E-state index in [1.807, 2.05) is 38.1 Å². The predicted molar refractivity (Wildman–Crippen MR) is 135 cm³/mol. The maximum absolute atomic E-state index is 13.8. The largest absolute Gasteiger partial charge is 0.508 e. The van der Waals surface area contributed by atoms with Gasteiger partial charge in [-0.3, -0.25) is 14.6 Å². The van der Waals surface area contributed by atoms with E-state index in [9.17, 15) is 14.7 Å². The van der Waals surface area contributed by atoms with E-state index in [1.165, 1.54) is 4.90 Å². The lowest BCUT2D eigenvalue weighted by molar-refractivity contribution is -0.133. The van der Waals surface area contributed by atoms with Crippen molar-refractivity contribution >= 4 is 22.8 Å². The molecule has 9 nitrogen and oxygen atoms in total. The first-order chi connectivity index (χ1) is 17.4. The van der Waals surface area contributed by atoms with Crippen molar-refractivity contribution in [2.45, 2.75) is 31.8 Å². The van der Waals surface area contributed by atoms with E-state index in [4.69, 9.17) is 9.47 Å². The highest BCUT2D eigenvalue weighted by Gasteiger charge is 2.60. The molecule has 1 saturated heterocycles. The van der Waals surface area contributed by atoms with Crippen molar-refractivity contribution in [3.63, 3.8) is 0 Å². The van der Waals surface area contributed by atoms with E-state index < -0.39 is 11.6 Å². The highest BCUT2D eigenvalue weighted by molar-refractivity contribution is 6.08. The van der Waals surface area contributed by atoms with Gasteiger partial charge in [-0.15, -0.1) is 0 Å². The molecule has 0 spiro atoms. The number of fused-ring (bicyclic) bond motifs is 4. The number of amides is 3. The van der Waals surface area contributed by atoms with Crippen LogP contribution in [0.15, 0.2) is 42.5 Å². The zero-order valence-electron chi connectivity index (χ0n) is 20.8. The molecule has 2 aromatic carbocycles. The minimum absolute atomic E-state index is 0.105. The van der Waals surface area contributed by atoms with Gasteiger partial charge in [0.05, 0.1) is 13.2 Å². The summed E-state index contributed by atoms with van der Waals surface area (Å²) in [7, 11) is 1.63. The second kappa shape index (κ2) is 9.48. The van der Waals surface area contributed by atoms with Crippen molar-refractivity contribution in [2.75, 3.05) is 40.0 Å². The molecular weight excluding hydrogens is 460 g/mol. The minimum atomic E-state index is -1.07. The van der Waals surface area contributed by atoms with E-state index in [2.05, 4.69) is 10.3 Å². The molecule has 3 amide bonds. The fraction of sp³-hybridized carbons (Fsp3) is 0.407. The SMILES string of the molecule is CCOc1ccc2[nH]c3c(c2c1)CC1(C)C(=O)N(CCNCCOC)C(=O)N1C3c1cccc(O)c1. The Morgan fingerprint density at radius 3 is 2.78 bits per heavy atom. The minimum Gasteiger partial charge on any atom is -0.508 e. The van der Waals surface area contributed by atoms with Crippen molar-refractivity contribution in [1.29, 1.82) is 0 Å². The van der Waals surface area contributed by atoms with Crippen molar-refractivity contribution in [3.05, 3.63) is 59.3 Å². The molecule has 3 aromatic rings. The predicted octanol–water partition coefficient (Wildman–Crippen LogP) is 3.18. The number of urea groups is 1. The number of carbonyl (C=O) groups excluding carboxylic acids is 2. The topological polar surface area (TPSA) is 107 Å². The van der Waals surface area contributed by atoms with Gasteiger partial charge in [0.2, 0.25) is 0 Å². The molecule has 0 bridgehead atoms. The van der Waals surface area contributed by atoms with Gasteiger partial charge in [-0.05, 0) is 55.3 Å². The molecule has 0 radical (unpaired) electrons. The van der Waals surface area contributed by atoms with Gasteiger partial charge in [0.25, 0.3) is 5.91 Å². The fourth-order valence-corrected chi connectivity index (χ4v) is 5.48. The summed E-state index contributed by atoms with van der Waals surface area (Å²) >= 11 is 0. The zero-order valence-corrected chi connectivity index (χ0v) is 20.8. The number of ether oxygens (including phenoxy) is 2. The van der Waals surface area contributed by atoms with Gasteiger partial charge in [0.15, 0.2) is 0 Å². The van der Waals surface area contributed by atoms with Gasteiger partial charge in [0, 0.05) is 49.8 Å². The van der Waals surface area contributed by atoms with Gasteiger partial charge in [-0.1, -0.05) is 12.1 Å². The monoisotopic (exact) mass is 492 g/mol. The average molecular weight is 493 g/mol. The third-order valence-electron chi connectivity index (χ3n) is 7.13. The highest BCUT2D eigenvalue weighted by Crippen LogP contribution is 2.49. The molecule has 36 heavy (non-hydrogen) atoms. The van der Waals surface area contributed by atoms with E-state index in [-0.39, 0.29) is 24.2 Å². The summed E-state index contributed by atoms with van der Waals surface area (Å²) < 4.78 is 10.8. The summed E-state index contributed by atoms with van der Waals surface area (Å²) in [6.45, 7) is 6.27. The maximum atomic E-state index is 13.8. The van der Waals surface area contributed by atoms with Crippen LogP contribution in [-0.2, 0) is 16.0 Å². The molecule has 2 unspecified atom stereocenters. The lowest BCUT2D eigenvalue weighted by Crippen LogP contribution is -2.53. The molecule has 5 rings (SSSR count). The van der Waals surface area contributed by atoms with Crippen LogP contribution in [0, 0.1) is 0 Å². The van der Waals surface area contributed by atoms with Gasteiger partial charge in [0.1, 0.15) is 23.1 Å². The van der Waals surface area contributed by atoms with Crippen LogP contribution in [0.1, 0.15) is 36.7 Å². The van der Waals surface area contributed by atoms with Crippen LogP contribution >= 0.6 is 0 Å². The molecule has 2 atom stereocenters. The average Bonchev–Trinajstić information content (AvgIpc) is 3.30. The van der Waals surface area contributed by atoms with E-state index in [1.54, 1.807) is 30.2 Å². The highest BCUT2D eigenvalue weighted by atomic mass is 16.5. The number of nitrogens with one attached hydrogen (secondary N) is 2. The number of phenolic OH excluding ortho intramolecular Hbond substituents is 1. The number of aromatic hydroxyl groups is 1. The molecule has 1 aromatic heterocycles. The van der Waals surface area contributed by atoms with Crippen molar-refractivity contribution < 1.29 is 24.2 Å². The zero-order chi connectivity index (χ0) is 25.4. The number of carbonyl (C=O) groups is 2. The van der Waals surface area contributed by atoms with Crippen LogP contribution < -0.4 is 10.1 Å². The number of nitrogens with zero attached hydrogens (tertiary/aromatic N) is 2. The number of hydrogen-bond donors (Lipinski definition) is 3. The van der Waals surface area contributed by atoms with Crippen LogP contribution in [0.3, 0.4) is 0 Å². The molecule has 3 heterocycles. The Morgan fingerprint density at radius 1 is 1.19 bits per heavy atom. The number of aromatic amines is 1. The van der Waals surface area contributed by atoms with Crippen molar-refractivity contribution in [3.8, 4) is 11.5 Å². The standard InChI is InChI=1S/C27H32N4O5/c1-4-36-19-8-9-22-20(15-19)21-16-27(2)25(33)30(12-10-28-11-13-35-3)26(34)31(27)24(23(21)29-22)17-6-5-7-18(32)14-17/h5-9,14-15,24,28-29,32H,4,10-13,16H2,1-3H3. The molecule has 3 N–H and O–H groups in total. The van der Waals surface area contributed by atoms with Gasteiger partial charge in [-0.25, -0.2) is 4.79 Å². The molecule has 2 aliphatic rings. The van der Waals surface area contributed by atoms with Gasteiger partial charge in [-0.2, -0.15) is 0 Å². The molecule has 0 aliphatic carbocycles. The third-order valence-corrected chi connectivity index (χ3v) is 7.13. The lowest BCUT2D eigenvalue weighted by atomic mass is 9.81. The quantitative estimate of drug-likeness (QED) is 0.313. The van der Waals surface area contributed by atoms with Gasteiger partial charge < -0.3 is 24.9 Å². The number of aromatic nitrogens is 1. The number of benzene rings is 2. The summed E-state index contributed by atoms with van der Waals surface area (Å²) in [6.07, 6.45) is 0.380. The molecule has 0 saturated carbocycles. The summed E-state index contributed by atoms with van der Waals surface area (Å²) in [5.41, 5.74) is 2.42. The number of rotatable bonds is 9. The molecule has 1 fully saturated rings. The number of phenols is 1. The van der Waals surface area contributed by atoms with Crippen LogP contribution in [0.25, 0.3) is 10.9 Å². The lowest BCUT2D eigenvalue weighted by Gasteiger charge is -2.42. The summed E-state index contributed by atoms with van der Waals surface area (Å²) in [6, 6.07) is 11.9. The first-order valence-electron chi connectivity index (χ1n) is 12.3. The third kappa shape index (κ3) is 3.88. The maximum Gasteiger partial charge on any atom is 0.328 e. The molecule has 190 valence electrons. The Balaban J connectivity index is 1.60. The van der Waals surface area contributed by atoms with Crippen molar-refractivity contribution in [1.82, 2.24) is 20.1 Å². The van der Waals surface area contributed by atoms with Crippen LogP contribution in [0.4, 0.5) is 4.79 Å². The van der Waals surface area contributed by atoms with E-state index >= 15 is 0 Å². The Labute approximate surface area is 210 Å². The van der Waals surface area contributed by atoms with Crippen molar-refractivity contribution in [2.24, 2.45) is 0 Å². The van der Waals surface area contributed by atoms with Crippen LogP contribution in [-0.4, -0.2) is 77.3 Å². The molecular formula is C27H32N4O5. The smallest absolute Gasteiger partial charge is 0.328 e. The summed E-state index contributed by atoms with van der Waals surface area (Å²) in [5.74, 6) is 0.645. The van der Waals surface area contributed by atoms with Crippen LogP contribution in [0.2, 0.25) is 0 Å². The Bertz CT molecular complexity index is 1300. The normalized spacial score (nSPS) is 21.2. The van der Waals surface area contributed by atoms with Gasteiger partial charge >= 0.3 is 6.03 Å². The van der Waals surface area contributed by atoms with Crippen LogP contribution in [0.5, 0.6) is 11.5 Å². The first kappa shape index (κ1) is 24.1. The van der Waals surface area contributed by atoms with E-state index in [0.29, 0.717) is 32.7 Å². The number of methoxy groups -OCH3 is 1. The second-order valence-electron chi connectivity index (χ2n) is 9.46.